The number of hydrogen-bond acceptors (Lipinski definition) is 6. The van der Waals surface area contributed by atoms with E-state index in [9.17, 15) is 4.79 Å². The summed E-state index contributed by atoms with van der Waals surface area (Å²) in [4.78, 5) is 12.1. The molecule has 0 atom stereocenters. The molecule has 2 aromatic carbocycles. The molecule has 0 aliphatic rings. The Morgan fingerprint density at radius 3 is 2.28 bits per heavy atom. The molecule has 1 heterocycles. The van der Waals surface area contributed by atoms with E-state index in [4.69, 9.17) is 9.47 Å². The summed E-state index contributed by atoms with van der Waals surface area (Å²) in [6, 6.07) is 18.7. The Kier molecular flexibility index (Phi) is 6.63. The number of carbonyl (C=O) groups excluding carboxylic acids is 1. The summed E-state index contributed by atoms with van der Waals surface area (Å²) in [5, 5.41) is 14.1. The van der Waals surface area contributed by atoms with Gasteiger partial charge in [0.1, 0.15) is 0 Å². The number of aromatic nitrogens is 2. The lowest BCUT2D eigenvalue weighted by Gasteiger charge is -2.14. The lowest BCUT2D eigenvalue weighted by Crippen LogP contribution is -2.21. The summed E-state index contributed by atoms with van der Waals surface area (Å²) in [5.74, 6) is 2.06. The zero-order valence-electron chi connectivity index (χ0n) is 16.7. The number of nitrogens with zero attached hydrogens (tertiary/aromatic N) is 2. The topological polar surface area (TPSA) is 85.4 Å². The highest BCUT2D eigenvalue weighted by molar-refractivity contribution is 5.91. The van der Waals surface area contributed by atoms with Gasteiger partial charge in [-0.3, -0.25) is 4.79 Å². The van der Waals surface area contributed by atoms with Gasteiger partial charge in [0.15, 0.2) is 29.7 Å². The van der Waals surface area contributed by atoms with E-state index in [1.807, 2.05) is 30.3 Å². The van der Waals surface area contributed by atoms with Crippen LogP contribution in [0.15, 0.2) is 60.7 Å². The second-order valence-electron chi connectivity index (χ2n) is 6.66. The molecule has 0 fully saturated rings. The number of hydrogen-bond donors (Lipinski definition) is 2. The van der Waals surface area contributed by atoms with Crippen molar-refractivity contribution in [3.63, 3.8) is 0 Å². The van der Waals surface area contributed by atoms with Crippen LogP contribution in [-0.4, -0.2) is 29.8 Å². The van der Waals surface area contributed by atoms with Crippen LogP contribution in [0.25, 0.3) is 0 Å². The van der Waals surface area contributed by atoms with Crippen LogP contribution in [0.1, 0.15) is 25.3 Å². The van der Waals surface area contributed by atoms with E-state index in [0.29, 0.717) is 29.1 Å². The van der Waals surface area contributed by atoms with E-state index in [1.54, 1.807) is 31.4 Å². The van der Waals surface area contributed by atoms with E-state index >= 15 is 0 Å². The molecule has 3 rings (SSSR count). The Morgan fingerprint density at radius 1 is 0.931 bits per heavy atom. The normalized spacial score (nSPS) is 10.5. The molecule has 7 heteroatoms. The van der Waals surface area contributed by atoms with E-state index in [1.165, 1.54) is 5.56 Å². The van der Waals surface area contributed by atoms with Crippen LogP contribution < -0.4 is 20.1 Å². The minimum Gasteiger partial charge on any atom is -0.493 e. The van der Waals surface area contributed by atoms with Crippen molar-refractivity contribution in [2.75, 3.05) is 24.4 Å². The largest absolute Gasteiger partial charge is 0.493 e. The van der Waals surface area contributed by atoms with Gasteiger partial charge in [-0.15, -0.1) is 10.2 Å². The van der Waals surface area contributed by atoms with Gasteiger partial charge in [0.05, 0.1) is 7.11 Å². The molecule has 1 aromatic heterocycles. The van der Waals surface area contributed by atoms with E-state index in [-0.39, 0.29) is 12.5 Å². The van der Waals surface area contributed by atoms with Crippen LogP contribution in [0.4, 0.5) is 17.3 Å². The van der Waals surface area contributed by atoms with Crippen LogP contribution in [0.2, 0.25) is 0 Å². The zero-order chi connectivity index (χ0) is 20.6. The number of nitrogens with one attached hydrogen (secondary N) is 2. The number of ether oxygens (including phenoxy) is 2. The molecule has 3 aromatic rings. The van der Waals surface area contributed by atoms with Gasteiger partial charge in [0, 0.05) is 5.69 Å². The molecule has 150 valence electrons. The average Bonchev–Trinajstić information content (AvgIpc) is 2.74. The number of amides is 1. The molecule has 0 saturated heterocycles. The molecule has 0 spiro atoms. The van der Waals surface area contributed by atoms with Crippen molar-refractivity contribution in [3.8, 4) is 11.5 Å². The number of carbonyl (C=O) groups is 1. The Balaban J connectivity index is 1.57. The molecule has 0 bridgehead atoms. The summed E-state index contributed by atoms with van der Waals surface area (Å²) < 4.78 is 10.7. The molecule has 2 N–H and O–H groups in total. The third-order valence-electron chi connectivity index (χ3n) is 4.21. The number of rotatable bonds is 8. The van der Waals surface area contributed by atoms with Crippen molar-refractivity contribution in [2.24, 2.45) is 0 Å². The molecular weight excluding hydrogens is 368 g/mol. The molecule has 0 unspecified atom stereocenters. The first kappa shape index (κ1) is 20.1. The minimum atomic E-state index is -0.337. The first-order valence-electron chi connectivity index (χ1n) is 9.32. The summed E-state index contributed by atoms with van der Waals surface area (Å²) in [5.41, 5.74) is 2.18. The highest BCUT2D eigenvalue weighted by Crippen LogP contribution is 2.27. The Hall–Kier alpha value is -3.61. The van der Waals surface area contributed by atoms with Crippen molar-refractivity contribution in [1.29, 1.82) is 0 Å². The fraction of sp³-hybridized carbons (Fsp3) is 0.227. The smallest absolute Gasteiger partial charge is 0.263 e. The molecule has 7 nitrogen and oxygen atoms in total. The maximum absolute atomic E-state index is 12.1. The molecule has 0 aliphatic carbocycles. The second kappa shape index (κ2) is 9.54. The van der Waals surface area contributed by atoms with Crippen molar-refractivity contribution in [2.45, 2.75) is 19.8 Å². The Bertz CT molecular complexity index is 958. The van der Waals surface area contributed by atoms with Crippen LogP contribution in [0, 0.1) is 0 Å². The standard InChI is InChI=1S/C22H24N4O3/c1-15(2)16-8-4-5-9-17(16)23-20-12-13-21(26-25-20)24-22(27)14-29-19-11-7-6-10-18(19)28-3/h4-13,15H,14H2,1-3H3,(H,23,25)(H,24,26,27). The fourth-order valence-corrected chi connectivity index (χ4v) is 2.78. The summed E-state index contributed by atoms with van der Waals surface area (Å²) in [6.07, 6.45) is 0. The lowest BCUT2D eigenvalue weighted by molar-refractivity contribution is -0.118. The third-order valence-corrected chi connectivity index (χ3v) is 4.21. The van der Waals surface area contributed by atoms with E-state index in [2.05, 4.69) is 40.7 Å². The molecule has 29 heavy (non-hydrogen) atoms. The van der Waals surface area contributed by atoms with Crippen LogP contribution in [0.3, 0.4) is 0 Å². The molecular formula is C22H24N4O3. The van der Waals surface area contributed by atoms with Gasteiger partial charge < -0.3 is 20.1 Å². The minimum absolute atomic E-state index is 0.163. The number of methoxy groups -OCH3 is 1. The molecule has 1 amide bonds. The summed E-state index contributed by atoms with van der Waals surface area (Å²) in [7, 11) is 1.55. The van der Waals surface area contributed by atoms with Crippen molar-refractivity contribution >= 4 is 23.2 Å². The first-order valence-corrected chi connectivity index (χ1v) is 9.32. The summed E-state index contributed by atoms with van der Waals surface area (Å²) >= 11 is 0. The predicted molar refractivity (Wildman–Crippen MR) is 113 cm³/mol. The molecule has 0 aliphatic heterocycles. The van der Waals surface area contributed by atoms with Crippen molar-refractivity contribution in [1.82, 2.24) is 10.2 Å². The first-order chi connectivity index (χ1) is 14.1. The van der Waals surface area contributed by atoms with E-state index < -0.39 is 0 Å². The van der Waals surface area contributed by atoms with Gasteiger partial charge in [-0.1, -0.05) is 44.2 Å². The maximum atomic E-state index is 12.1. The number of benzene rings is 2. The molecule has 0 saturated carbocycles. The highest BCUT2D eigenvalue weighted by atomic mass is 16.5. The Labute approximate surface area is 170 Å². The van der Waals surface area contributed by atoms with Crippen LogP contribution >= 0.6 is 0 Å². The SMILES string of the molecule is COc1ccccc1OCC(=O)Nc1ccc(Nc2ccccc2C(C)C)nn1. The fourth-order valence-electron chi connectivity index (χ4n) is 2.78. The summed E-state index contributed by atoms with van der Waals surface area (Å²) in [6.45, 7) is 4.11. The molecule has 0 radical (unpaired) electrons. The average molecular weight is 392 g/mol. The predicted octanol–water partition coefficient (Wildman–Crippen LogP) is 4.37. The van der Waals surface area contributed by atoms with Gasteiger partial charge in [0.25, 0.3) is 5.91 Å². The number of anilines is 3. The van der Waals surface area contributed by atoms with Crippen LogP contribution in [-0.2, 0) is 4.79 Å². The quantitative estimate of drug-likeness (QED) is 0.592. The van der Waals surface area contributed by atoms with Crippen molar-refractivity contribution < 1.29 is 14.3 Å². The van der Waals surface area contributed by atoms with Crippen molar-refractivity contribution in [3.05, 3.63) is 66.2 Å². The number of para-hydroxylation sites is 3. The van der Waals surface area contributed by atoms with Gasteiger partial charge in [0.2, 0.25) is 0 Å². The monoisotopic (exact) mass is 392 g/mol. The second-order valence-corrected chi connectivity index (χ2v) is 6.66. The van der Waals surface area contributed by atoms with Gasteiger partial charge in [-0.25, -0.2) is 0 Å². The van der Waals surface area contributed by atoms with Crippen LogP contribution in [0.5, 0.6) is 11.5 Å². The highest BCUT2D eigenvalue weighted by Gasteiger charge is 2.10. The maximum Gasteiger partial charge on any atom is 0.263 e. The Morgan fingerprint density at radius 2 is 1.59 bits per heavy atom. The lowest BCUT2D eigenvalue weighted by atomic mass is 10.0. The zero-order valence-corrected chi connectivity index (χ0v) is 16.7. The van der Waals surface area contributed by atoms with Gasteiger partial charge in [-0.2, -0.15) is 0 Å². The third kappa shape index (κ3) is 5.44. The van der Waals surface area contributed by atoms with Gasteiger partial charge >= 0.3 is 0 Å². The van der Waals surface area contributed by atoms with Gasteiger partial charge in [-0.05, 0) is 41.8 Å². The van der Waals surface area contributed by atoms with E-state index in [0.717, 1.165) is 5.69 Å².